The largest absolute Gasteiger partial charge is 0.461 e. The van der Waals surface area contributed by atoms with Crippen LogP contribution < -0.4 is 5.32 Å². The fourth-order valence-electron chi connectivity index (χ4n) is 2.57. The zero-order valence-corrected chi connectivity index (χ0v) is 13.2. The number of urea groups is 1. The van der Waals surface area contributed by atoms with Crippen molar-refractivity contribution in [2.75, 3.05) is 12.4 Å². The second-order valence-corrected chi connectivity index (χ2v) is 5.38. The first-order valence-corrected chi connectivity index (χ1v) is 7.60. The van der Waals surface area contributed by atoms with Crippen molar-refractivity contribution in [2.45, 2.75) is 19.9 Å². The topological polar surface area (TPSA) is 58.4 Å². The molecule has 0 radical (unpaired) electrons. The molecule has 118 valence electrons. The lowest BCUT2D eigenvalue weighted by molar-refractivity contribution is 0.220. The predicted molar refractivity (Wildman–Crippen MR) is 90.3 cm³/mol. The number of amides is 2. The smallest absolute Gasteiger partial charge is 0.321 e. The Morgan fingerprint density at radius 3 is 2.83 bits per heavy atom. The number of anilines is 1. The molecule has 0 bridgehead atoms. The number of furan rings is 1. The molecule has 0 atom stereocenters. The average Bonchev–Trinajstić information content (AvgIpc) is 2.93. The zero-order chi connectivity index (χ0) is 16.2. The molecule has 0 spiro atoms. The molecule has 0 saturated carbocycles. The minimum absolute atomic E-state index is 0.176. The van der Waals surface area contributed by atoms with Crippen molar-refractivity contribution in [1.29, 1.82) is 0 Å². The van der Waals surface area contributed by atoms with E-state index in [1.54, 1.807) is 30.4 Å². The van der Waals surface area contributed by atoms with E-state index < -0.39 is 0 Å². The number of hydrogen-bond acceptors (Lipinski definition) is 3. The maximum atomic E-state index is 12.3. The van der Waals surface area contributed by atoms with E-state index in [-0.39, 0.29) is 6.03 Å². The van der Waals surface area contributed by atoms with Gasteiger partial charge in [0.2, 0.25) is 0 Å². The van der Waals surface area contributed by atoms with Crippen LogP contribution in [-0.4, -0.2) is 23.0 Å². The quantitative estimate of drug-likeness (QED) is 0.791. The van der Waals surface area contributed by atoms with E-state index in [1.807, 2.05) is 30.3 Å². The van der Waals surface area contributed by atoms with Gasteiger partial charge in [-0.3, -0.25) is 4.98 Å². The van der Waals surface area contributed by atoms with Gasteiger partial charge in [-0.15, -0.1) is 0 Å². The molecule has 3 aromatic rings. The molecule has 3 rings (SSSR count). The third-order valence-electron chi connectivity index (χ3n) is 3.76. The summed E-state index contributed by atoms with van der Waals surface area (Å²) in [5.41, 5.74) is 2.60. The minimum Gasteiger partial charge on any atom is -0.461 e. The number of aromatic nitrogens is 1. The highest BCUT2D eigenvalue weighted by Crippen LogP contribution is 2.27. The zero-order valence-electron chi connectivity index (χ0n) is 13.2. The van der Waals surface area contributed by atoms with Crippen LogP contribution in [-0.2, 0) is 13.0 Å². The van der Waals surface area contributed by atoms with Crippen LogP contribution in [0.1, 0.15) is 18.2 Å². The normalized spacial score (nSPS) is 10.7. The number of hydrogen-bond donors (Lipinski definition) is 1. The number of carbonyl (C=O) groups is 1. The second kappa shape index (κ2) is 6.52. The van der Waals surface area contributed by atoms with Crippen LogP contribution in [0.3, 0.4) is 0 Å². The van der Waals surface area contributed by atoms with E-state index in [2.05, 4.69) is 17.2 Å². The predicted octanol–water partition coefficient (Wildman–Crippen LogP) is 4.05. The van der Waals surface area contributed by atoms with Gasteiger partial charge in [0, 0.05) is 30.6 Å². The summed E-state index contributed by atoms with van der Waals surface area (Å²) in [5, 5.41) is 3.89. The summed E-state index contributed by atoms with van der Waals surface area (Å²) in [6.07, 6.45) is 4.09. The Morgan fingerprint density at radius 2 is 2.09 bits per heavy atom. The molecular weight excluding hydrogens is 290 g/mol. The van der Waals surface area contributed by atoms with Gasteiger partial charge in [0.1, 0.15) is 11.3 Å². The summed E-state index contributed by atoms with van der Waals surface area (Å²) in [6, 6.07) is 11.3. The maximum absolute atomic E-state index is 12.3. The van der Waals surface area contributed by atoms with E-state index in [1.165, 1.54) is 0 Å². The molecule has 1 N–H and O–H groups in total. The van der Waals surface area contributed by atoms with E-state index in [4.69, 9.17) is 4.42 Å². The van der Waals surface area contributed by atoms with Gasteiger partial charge in [-0.2, -0.15) is 0 Å². The standard InChI is InChI=1S/C18H19N3O2/c1-3-16-15(14-8-4-5-9-17(14)23-16)12-21(2)18(22)20-13-7-6-10-19-11-13/h4-11H,3,12H2,1-2H3,(H,20,22). The van der Waals surface area contributed by atoms with Crippen molar-refractivity contribution in [3.05, 3.63) is 60.1 Å². The SMILES string of the molecule is CCc1oc2ccccc2c1CN(C)C(=O)Nc1cccnc1. The highest BCUT2D eigenvalue weighted by Gasteiger charge is 2.17. The molecule has 23 heavy (non-hydrogen) atoms. The van der Waals surface area contributed by atoms with Crippen LogP contribution in [0, 0.1) is 0 Å². The molecule has 0 aliphatic carbocycles. The molecule has 2 amide bonds. The second-order valence-electron chi connectivity index (χ2n) is 5.38. The van der Waals surface area contributed by atoms with E-state index in [0.29, 0.717) is 12.2 Å². The van der Waals surface area contributed by atoms with Crippen molar-refractivity contribution in [3.63, 3.8) is 0 Å². The first kappa shape index (κ1) is 15.1. The number of pyridine rings is 1. The Kier molecular flexibility index (Phi) is 4.28. The summed E-state index contributed by atoms with van der Waals surface area (Å²) in [4.78, 5) is 18.0. The first-order valence-electron chi connectivity index (χ1n) is 7.60. The van der Waals surface area contributed by atoms with Crippen LogP contribution in [0.15, 0.2) is 53.2 Å². The summed E-state index contributed by atoms with van der Waals surface area (Å²) in [6.45, 7) is 2.54. The molecule has 0 aliphatic rings. The van der Waals surface area contributed by atoms with Crippen LogP contribution in [0.2, 0.25) is 0 Å². The van der Waals surface area contributed by atoms with Crippen molar-refractivity contribution in [1.82, 2.24) is 9.88 Å². The van der Waals surface area contributed by atoms with Gasteiger partial charge in [0.25, 0.3) is 0 Å². The summed E-state index contributed by atoms with van der Waals surface area (Å²) >= 11 is 0. The Balaban J connectivity index is 1.79. The number of aryl methyl sites for hydroxylation is 1. The Morgan fingerprint density at radius 1 is 1.26 bits per heavy atom. The molecule has 2 heterocycles. The lowest BCUT2D eigenvalue weighted by atomic mass is 10.1. The third-order valence-corrected chi connectivity index (χ3v) is 3.76. The molecule has 0 saturated heterocycles. The van der Waals surface area contributed by atoms with Gasteiger partial charge in [0.15, 0.2) is 0 Å². The molecule has 0 fully saturated rings. The molecule has 5 heteroatoms. The number of para-hydroxylation sites is 1. The number of nitrogens with zero attached hydrogens (tertiary/aromatic N) is 2. The lowest BCUT2D eigenvalue weighted by Crippen LogP contribution is -2.31. The van der Waals surface area contributed by atoms with Gasteiger partial charge in [-0.05, 0) is 18.2 Å². The molecule has 0 unspecified atom stereocenters. The average molecular weight is 309 g/mol. The van der Waals surface area contributed by atoms with Gasteiger partial charge in [-0.1, -0.05) is 25.1 Å². The monoisotopic (exact) mass is 309 g/mol. The number of carbonyl (C=O) groups excluding carboxylic acids is 1. The highest BCUT2D eigenvalue weighted by atomic mass is 16.3. The van der Waals surface area contributed by atoms with E-state index in [0.717, 1.165) is 28.7 Å². The van der Waals surface area contributed by atoms with Gasteiger partial charge >= 0.3 is 6.03 Å². The maximum Gasteiger partial charge on any atom is 0.321 e. The number of rotatable bonds is 4. The lowest BCUT2D eigenvalue weighted by Gasteiger charge is -2.18. The van der Waals surface area contributed by atoms with Crippen molar-refractivity contribution >= 4 is 22.7 Å². The number of benzene rings is 1. The molecular formula is C18H19N3O2. The van der Waals surface area contributed by atoms with Crippen molar-refractivity contribution in [3.8, 4) is 0 Å². The Bertz CT molecular complexity index is 812. The summed E-state index contributed by atoms with van der Waals surface area (Å²) in [5.74, 6) is 0.923. The summed E-state index contributed by atoms with van der Waals surface area (Å²) < 4.78 is 5.88. The van der Waals surface area contributed by atoms with Crippen LogP contribution >= 0.6 is 0 Å². The minimum atomic E-state index is -0.176. The third kappa shape index (κ3) is 3.18. The molecule has 0 aliphatic heterocycles. The number of nitrogens with one attached hydrogen (secondary N) is 1. The summed E-state index contributed by atoms with van der Waals surface area (Å²) in [7, 11) is 1.77. The fraction of sp³-hybridized carbons (Fsp3) is 0.222. The Hall–Kier alpha value is -2.82. The van der Waals surface area contributed by atoms with E-state index >= 15 is 0 Å². The van der Waals surface area contributed by atoms with Crippen molar-refractivity contribution < 1.29 is 9.21 Å². The van der Waals surface area contributed by atoms with Crippen LogP contribution in [0.25, 0.3) is 11.0 Å². The molecule has 1 aromatic carbocycles. The molecule has 5 nitrogen and oxygen atoms in total. The number of fused-ring (bicyclic) bond motifs is 1. The van der Waals surface area contributed by atoms with Crippen LogP contribution in [0.5, 0.6) is 0 Å². The van der Waals surface area contributed by atoms with E-state index in [9.17, 15) is 4.79 Å². The van der Waals surface area contributed by atoms with Crippen LogP contribution in [0.4, 0.5) is 10.5 Å². The van der Waals surface area contributed by atoms with Gasteiger partial charge in [-0.25, -0.2) is 4.79 Å². The van der Waals surface area contributed by atoms with Crippen molar-refractivity contribution in [2.24, 2.45) is 0 Å². The van der Waals surface area contributed by atoms with Gasteiger partial charge < -0.3 is 14.6 Å². The van der Waals surface area contributed by atoms with Gasteiger partial charge in [0.05, 0.1) is 18.4 Å². The Labute approximate surface area is 134 Å². The first-order chi connectivity index (χ1) is 11.2. The fourth-order valence-corrected chi connectivity index (χ4v) is 2.57. The highest BCUT2D eigenvalue weighted by molar-refractivity contribution is 5.89. The molecule has 2 aromatic heterocycles.